The summed E-state index contributed by atoms with van der Waals surface area (Å²) in [5.74, 6) is -0.390. The summed E-state index contributed by atoms with van der Waals surface area (Å²) < 4.78 is 4.53. The van der Waals surface area contributed by atoms with Crippen LogP contribution in [0.1, 0.15) is 16.7 Å². The van der Waals surface area contributed by atoms with Crippen LogP contribution in [0, 0.1) is 11.3 Å². The molecule has 0 saturated carbocycles. The van der Waals surface area contributed by atoms with Crippen LogP contribution in [0.4, 0.5) is 0 Å². The molecule has 0 aliphatic carbocycles. The number of rotatable bonds is 3. The van der Waals surface area contributed by atoms with Gasteiger partial charge in [0.2, 0.25) is 0 Å². The smallest absolute Gasteiger partial charge is 0.309 e. The van der Waals surface area contributed by atoms with E-state index in [1.165, 1.54) is 19.2 Å². The zero-order valence-corrected chi connectivity index (χ0v) is 9.41. The average Bonchev–Trinajstić information content (AvgIpc) is 2.30. The van der Waals surface area contributed by atoms with Gasteiger partial charge in [-0.2, -0.15) is 5.26 Å². The Labute approximate surface area is 98.0 Å². The van der Waals surface area contributed by atoms with E-state index in [-0.39, 0.29) is 23.6 Å². The van der Waals surface area contributed by atoms with Gasteiger partial charge in [0.1, 0.15) is 11.8 Å². The van der Waals surface area contributed by atoms with Crippen LogP contribution >= 0.6 is 11.6 Å². The molecular weight excluding hydrogens is 230 g/mol. The highest BCUT2D eigenvalue weighted by atomic mass is 35.5. The fraction of sp³-hybridized carbons (Fsp3) is 0.273. The van der Waals surface area contributed by atoms with Gasteiger partial charge in [-0.15, -0.1) is 11.6 Å². The Kier molecular flexibility index (Phi) is 4.15. The van der Waals surface area contributed by atoms with Crippen LogP contribution in [0.5, 0.6) is 5.75 Å². The number of phenols is 1. The third-order valence-corrected chi connectivity index (χ3v) is 2.43. The Bertz CT molecular complexity index is 451. The number of nitrogens with zero attached hydrogens (tertiary/aromatic N) is 1. The SMILES string of the molecule is COC(=O)Cc1cc(C#N)c(O)cc1CCl. The van der Waals surface area contributed by atoms with Crippen molar-refractivity contribution < 1.29 is 14.6 Å². The number of alkyl halides is 1. The molecule has 0 aliphatic rings. The van der Waals surface area contributed by atoms with Crippen molar-refractivity contribution in [2.45, 2.75) is 12.3 Å². The van der Waals surface area contributed by atoms with Crippen molar-refractivity contribution in [3.8, 4) is 11.8 Å². The number of carbonyl (C=O) groups is 1. The minimum atomic E-state index is -0.416. The molecule has 1 rings (SSSR count). The summed E-state index contributed by atoms with van der Waals surface area (Å²) in [5, 5.41) is 18.2. The van der Waals surface area contributed by atoms with E-state index < -0.39 is 5.97 Å². The van der Waals surface area contributed by atoms with E-state index in [0.29, 0.717) is 11.1 Å². The van der Waals surface area contributed by atoms with Crippen molar-refractivity contribution >= 4 is 17.6 Å². The zero-order chi connectivity index (χ0) is 12.1. The van der Waals surface area contributed by atoms with Crippen molar-refractivity contribution in [2.75, 3.05) is 7.11 Å². The van der Waals surface area contributed by atoms with Crippen LogP contribution in [-0.2, 0) is 21.8 Å². The highest BCUT2D eigenvalue weighted by Gasteiger charge is 2.12. The molecule has 0 saturated heterocycles. The lowest BCUT2D eigenvalue weighted by molar-refractivity contribution is -0.139. The Morgan fingerprint density at radius 2 is 2.25 bits per heavy atom. The third-order valence-electron chi connectivity index (χ3n) is 2.14. The number of phenolic OH excluding ortho intramolecular Hbond substituents is 1. The molecule has 0 bridgehead atoms. The van der Waals surface area contributed by atoms with Crippen LogP contribution in [0.2, 0.25) is 0 Å². The lowest BCUT2D eigenvalue weighted by Gasteiger charge is -2.07. The molecule has 0 unspecified atom stereocenters. The van der Waals surface area contributed by atoms with Gasteiger partial charge < -0.3 is 9.84 Å². The molecule has 0 spiro atoms. The first-order valence-electron chi connectivity index (χ1n) is 4.50. The van der Waals surface area contributed by atoms with Gasteiger partial charge in [0.15, 0.2) is 0 Å². The number of methoxy groups -OCH3 is 1. The monoisotopic (exact) mass is 239 g/mol. The molecule has 0 aromatic heterocycles. The molecule has 0 radical (unpaired) electrons. The first-order valence-corrected chi connectivity index (χ1v) is 5.03. The lowest BCUT2D eigenvalue weighted by Crippen LogP contribution is -2.06. The van der Waals surface area contributed by atoms with E-state index in [2.05, 4.69) is 4.74 Å². The summed E-state index contributed by atoms with van der Waals surface area (Å²) in [4.78, 5) is 11.1. The van der Waals surface area contributed by atoms with E-state index in [1.54, 1.807) is 0 Å². The number of benzene rings is 1. The first-order chi connectivity index (χ1) is 7.62. The van der Waals surface area contributed by atoms with Gasteiger partial charge in [0.25, 0.3) is 0 Å². The second-order valence-corrected chi connectivity index (χ2v) is 3.40. The summed E-state index contributed by atoms with van der Waals surface area (Å²) in [7, 11) is 1.29. The first kappa shape index (κ1) is 12.3. The molecular formula is C11H10ClNO3. The highest BCUT2D eigenvalue weighted by molar-refractivity contribution is 6.17. The molecule has 0 heterocycles. The Morgan fingerprint density at radius 3 is 2.75 bits per heavy atom. The molecule has 0 atom stereocenters. The van der Waals surface area contributed by atoms with Crippen molar-refractivity contribution in [1.82, 2.24) is 0 Å². The number of aromatic hydroxyl groups is 1. The number of nitriles is 1. The largest absolute Gasteiger partial charge is 0.507 e. The summed E-state index contributed by atoms with van der Waals surface area (Å²) in [6.45, 7) is 0. The lowest BCUT2D eigenvalue weighted by atomic mass is 10.0. The van der Waals surface area contributed by atoms with Crippen LogP contribution in [-0.4, -0.2) is 18.2 Å². The maximum atomic E-state index is 11.1. The van der Waals surface area contributed by atoms with Gasteiger partial charge in [-0.3, -0.25) is 4.79 Å². The molecule has 84 valence electrons. The van der Waals surface area contributed by atoms with Gasteiger partial charge in [0, 0.05) is 5.88 Å². The maximum Gasteiger partial charge on any atom is 0.309 e. The Hall–Kier alpha value is -1.73. The quantitative estimate of drug-likeness (QED) is 0.644. The fourth-order valence-electron chi connectivity index (χ4n) is 1.28. The van der Waals surface area contributed by atoms with Crippen LogP contribution in [0.3, 0.4) is 0 Å². The number of ether oxygens (including phenoxy) is 1. The van der Waals surface area contributed by atoms with Crippen LogP contribution in [0.15, 0.2) is 12.1 Å². The van der Waals surface area contributed by atoms with Gasteiger partial charge in [-0.25, -0.2) is 0 Å². The molecule has 1 aromatic carbocycles. The summed E-state index contributed by atoms with van der Waals surface area (Å²) in [5.41, 5.74) is 1.33. The molecule has 0 amide bonds. The van der Waals surface area contributed by atoms with E-state index >= 15 is 0 Å². The van der Waals surface area contributed by atoms with Crippen LogP contribution in [0.25, 0.3) is 0 Å². The van der Waals surface area contributed by atoms with E-state index in [4.69, 9.17) is 16.9 Å². The Balaban J connectivity index is 3.15. The average molecular weight is 240 g/mol. The predicted octanol–water partition coefficient (Wildman–Crippen LogP) is 1.72. The third kappa shape index (κ3) is 2.65. The number of carbonyl (C=O) groups excluding carboxylic acids is 1. The second-order valence-electron chi connectivity index (χ2n) is 3.14. The summed E-state index contributed by atoms with van der Waals surface area (Å²) >= 11 is 5.68. The van der Waals surface area contributed by atoms with Gasteiger partial charge in [0.05, 0.1) is 19.1 Å². The van der Waals surface area contributed by atoms with E-state index in [9.17, 15) is 9.90 Å². The normalized spacial score (nSPS) is 9.56. The highest BCUT2D eigenvalue weighted by Crippen LogP contribution is 2.24. The molecule has 1 N–H and O–H groups in total. The number of halogens is 1. The molecule has 0 aliphatic heterocycles. The number of hydrogen-bond acceptors (Lipinski definition) is 4. The van der Waals surface area contributed by atoms with Gasteiger partial charge in [-0.05, 0) is 23.3 Å². The van der Waals surface area contributed by atoms with Crippen molar-refractivity contribution in [2.24, 2.45) is 0 Å². The Morgan fingerprint density at radius 1 is 1.56 bits per heavy atom. The summed E-state index contributed by atoms with van der Waals surface area (Å²) in [6, 6.07) is 4.67. The molecule has 16 heavy (non-hydrogen) atoms. The topological polar surface area (TPSA) is 70.3 Å². The number of hydrogen-bond donors (Lipinski definition) is 1. The second kappa shape index (κ2) is 5.38. The van der Waals surface area contributed by atoms with Crippen molar-refractivity contribution in [1.29, 1.82) is 5.26 Å². The minimum Gasteiger partial charge on any atom is -0.507 e. The molecule has 0 fully saturated rings. The van der Waals surface area contributed by atoms with Crippen molar-refractivity contribution in [3.63, 3.8) is 0 Å². The summed E-state index contributed by atoms with van der Waals surface area (Å²) in [6.07, 6.45) is 0.0352. The van der Waals surface area contributed by atoms with Crippen LogP contribution < -0.4 is 0 Å². The predicted molar refractivity (Wildman–Crippen MR) is 58.1 cm³/mol. The standard InChI is InChI=1S/C11H10ClNO3/c1-16-11(15)4-7-2-9(6-13)10(14)3-8(7)5-12/h2-3,14H,4-5H2,1H3. The molecule has 4 nitrogen and oxygen atoms in total. The maximum absolute atomic E-state index is 11.1. The van der Waals surface area contributed by atoms with Gasteiger partial charge in [-0.1, -0.05) is 0 Å². The number of esters is 1. The fourth-order valence-corrected chi connectivity index (χ4v) is 1.53. The van der Waals surface area contributed by atoms with Crippen molar-refractivity contribution in [3.05, 3.63) is 28.8 Å². The van der Waals surface area contributed by atoms with E-state index in [1.807, 2.05) is 6.07 Å². The van der Waals surface area contributed by atoms with Gasteiger partial charge >= 0.3 is 5.97 Å². The zero-order valence-electron chi connectivity index (χ0n) is 8.66. The molecule has 5 heteroatoms. The van der Waals surface area contributed by atoms with E-state index in [0.717, 1.165) is 0 Å². The minimum absolute atomic E-state index is 0.0352. The molecule has 1 aromatic rings.